The van der Waals surface area contributed by atoms with Crippen molar-refractivity contribution in [2.75, 3.05) is 13.1 Å². The summed E-state index contributed by atoms with van der Waals surface area (Å²) in [5.74, 6) is 1.77. The molecule has 1 heterocycles. The molecule has 0 bridgehead atoms. The number of benzene rings is 1. The smallest absolute Gasteiger partial charge is 0.253 e. The van der Waals surface area contributed by atoms with Crippen molar-refractivity contribution in [1.29, 1.82) is 0 Å². The Balaban J connectivity index is 2.07. The average molecular weight is 275 g/mol. The maximum Gasteiger partial charge on any atom is 0.253 e. The number of carbonyl (C=O) groups is 1. The SMILES string of the molecule is Cc1cc(C(=O)N2CCCC(C(C)C)CC2)ccc1O. The van der Waals surface area contributed by atoms with Gasteiger partial charge in [0.15, 0.2) is 0 Å². The average Bonchev–Trinajstić information content (AvgIpc) is 2.67. The number of likely N-dealkylation sites (tertiary alicyclic amines) is 1. The molecule has 1 unspecified atom stereocenters. The molecule has 1 N–H and O–H groups in total. The molecule has 110 valence electrons. The van der Waals surface area contributed by atoms with E-state index in [9.17, 15) is 9.90 Å². The van der Waals surface area contributed by atoms with Crippen LogP contribution in [0.25, 0.3) is 0 Å². The molecular formula is C17H25NO2. The van der Waals surface area contributed by atoms with Gasteiger partial charge in [0.2, 0.25) is 0 Å². The first-order valence-electron chi connectivity index (χ1n) is 7.58. The van der Waals surface area contributed by atoms with Gasteiger partial charge in [-0.3, -0.25) is 4.79 Å². The molecule has 3 heteroatoms. The van der Waals surface area contributed by atoms with Crippen molar-refractivity contribution < 1.29 is 9.90 Å². The number of hydrogen-bond acceptors (Lipinski definition) is 2. The third-order valence-corrected chi connectivity index (χ3v) is 4.45. The number of carbonyl (C=O) groups excluding carboxylic acids is 1. The van der Waals surface area contributed by atoms with E-state index in [0.717, 1.165) is 37.4 Å². The molecule has 1 saturated heterocycles. The van der Waals surface area contributed by atoms with Crippen molar-refractivity contribution in [3.8, 4) is 5.75 Å². The normalized spacial score (nSPS) is 20.0. The van der Waals surface area contributed by atoms with E-state index in [1.807, 2.05) is 11.8 Å². The fourth-order valence-electron chi connectivity index (χ4n) is 2.96. The first-order valence-corrected chi connectivity index (χ1v) is 7.58. The Hall–Kier alpha value is -1.51. The van der Waals surface area contributed by atoms with Gasteiger partial charge in [0.25, 0.3) is 5.91 Å². The minimum Gasteiger partial charge on any atom is -0.508 e. The van der Waals surface area contributed by atoms with Gasteiger partial charge in [-0.15, -0.1) is 0 Å². The van der Waals surface area contributed by atoms with Crippen LogP contribution in [-0.4, -0.2) is 29.0 Å². The lowest BCUT2D eigenvalue weighted by molar-refractivity contribution is 0.0758. The number of nitrogens with zero attached hydrogens (tertiary/aromatic N) is 1. The highest BCUT2D eigenvalue weighted by atomic mass is 16.3. The number of rotatable bonds is 2. The maximum absolute atomic E-state index is 12.5. The quantitative estimate of drug-likeness (QED) is 0.896. The molecule has 2 rings (SSSR count). The van der Waals surface area contributed by atoms with Crippen LogP contribution < -0.4 is 0 Å². The summed E-state index contributed by atoms with van der Waals surface area (Å²) >= 11 is 0. The Kier molecular flexibility index (Phi) is 4.69. The lowest BCUT2D eigenvalue weighted by Crippen LogP contribution is -2.32. The highest BCUT2D eigenvalue weighted by Crippen LogP contribution is 2.26. The predicted octanol–water partition coefficient (Wildman–Crippen LogP) is 3.60. The van der Waals surface area contributed by atoms with Gasteiger partial charge in [-0.1, -0.05) is 13.8 Å². The van der Waals surface area contributed by atoms with Gasteiger partial charge in [-0.2, -0.15) is 0 Å². The van der Waals surface area contributed by atoms with Crippen LogP contribution in [0.5, 0.6) is 5.75 Å². The van der Waals surface area contributed by atoms with Crippen LogP contribution >= 0.6 is 0 Å². The molecule has 0 aliphatic carbocycles. The highest BCUT2D eigenvalue weighted by molar-refractivity contribution is 5.94. The fourth-order valence-corrected chi connectivity index (χ4v) is 2.96. The zero-order chi connectivity index (χ0) is 14.7. The van der Waals surface area contributed by atoms with Gasteiger partial charge in [0, 0.05) is 18.7 Å². The summed E-state index contributed by atoms with van der Waals surface area (Å²) in [5.41, 5.74) is 1.44. The van der Waals surface area contributed by atoms with Crippen LogP contribution in [0.3, 0.4) is 0 Å². The van der Waals surface area contributed by atoms with E-state index in [-0.39, 0.29) is 11.7 Å². The summed E-state index contributed by atoms with van der Waals surface area (Å²) in [7, 11) is 0. The molecule has 1 aliphatic heterocycles. The monoisotopic (exact) mass is 275 g/mol. The van der Waals surface area contributed by atoms with Crippen molar-refractivity contribution in [2.45, 2.75) is 40.0 Å². The zero-order valence-corrected chi connectivity index (χ0v) is 12.7. The van der Waals surface area contributed by atoms with Crippen molar-refractivity contribution in [3.05, 3.63) is 29.3 Å². The van der Waals surface area contributed by atoms with E-state index in [2.05, 4.69) is 13.8 Å². The van der Waals surface area contributed by atoms with Crippen LogP contribution in [0.1, 0.15) is 49.0 Å². The summed E-state index contributed by atoms with van der Waals surface area (Å²) < 4.78 is 0. The minimum absolute atomic E-state index is 0.0949. The molecule has 20 heavy (non-hydrogen) atoms. The van der Waals surface area contributed by atoms with Gasteiger partial charge in [-0.25, -0.2) is 0 Å². The summed E-state index contributed by atoms with van der Waals surface area (Å²) in [6.07, 6.45) is 3.40. The van der Waals surface area contributed by atoms with E-state index in [1.165, 1.54) is 6.42 Å². The van der Waals surface area contributed by atoms with E-state index in [0.29, 0.717) is 11.5 Å². The molecule has 1 fully saturated rings. The van der Waals surface area contributed by atoms with E-state index in [1.54, 1.807) is 18.2 Å². The predicted molar refractivity (Wildman–Crippen MR) is 80.9 cm³/mol. The second-order valence-electron chi connectivity index (χ2n) is 6.23. The Morgan fingerprint density at radius 2 is 2.05 bits per heavy atom. The van der Waals surface area contributed by atoms with Crippen molar-refractivity contribution in [3.63, 3.8) is 0 Å². The molecule has 1 aromatic carbocycles. The van der Waals surface area contributed by atoms with Gasteiger partial charge in [-0.05, 0) is 61.8 Å². The number of amides is 1. The Morgan fingerprint density at radius 3 is 2.70 bits per heavy atom. The number of phenolic OH excluding ortho intramolecular Hbond substituents is 1. The van der Waals surface area contributed by atoms with Gasteiger partial charge < -0.3 is 10.0 Å². The molecule has 1 atom stereocenters. The molecular weight excluding hydrogens is 250 g/mol. The van der Waals surface area contributed by atoms with Gasteiger partial charge >= 0.3 is 0 Å². The van der Waals surface area contributed by atoms with Crippen molar-refractivity contribution >= 4 is 5.91 Å². The van der Waals surface area contributed by atoms with Crippen LogP contribution in [0.4, 0.5) is 0 Å². The Labute approximate surface area is 121 Å². The topological polar surface area (TPSA) is 40.5 Å². The van der Waals surface area contributed by atoms with Gasteiger partial charge in [0.1, 0.15) is 5.75 Å². The molecule has 0 spiro atoms. The van der Waals surface area contributed by atoms with E-state index < -0.39 is 0 Å². The Bertz CT molecular complexity index is 482. The summed E-state index contributed by atoms with van der Waals surface area (Å²) in [4.78, 5) is 14.5. The van der Waals surface area contributed by atoms with Crippen molar-refractivity contribution in [2.24, 2.45) is 11.8 Å². The standard InChI is InChI=1S/C17H25NO2/c1-12(2)14-5-4-9-18(10-8-14)17(20)15-6-7-16(19)13(3)11-15/h6-7,11-12,14,19H,4-5,8-10H2,1-3H3. The third kappa shape index (κ3) is 3.33. The van der Waals surface area contributed by atoms with Gasteiger partial charge in [0.05, 0.1) is 0 Å². The third-order valence-electron chi connectivity index (χ3n) is 4.45. The van der Waals surface area contributed by atoms with Crippen LogP contribution in [-0.2, 0) is 0 Å². The largest absolute Gasteiger partial charge is 0.508 e. The summed E-state index contributed by atoms with van der Waals surface area (Å²) in [6.45, 7) is 8.06. The summed E-state index contributed by atoms with van der Waals surface area (Å²) in [5, 5.41) is 9.55. The molecule has 0 radical (unpaired) electrons. The maximum atomic E-state index is 12.5. The second kappa shape index (κ2) is 6.29. The van der Waals surface area contributed by atoms with Crippen molar-refractivity contribution in [1.82, 2.24) is 4.90 Å². The number of aromatic hydroxyl groups is 1. The molecule has 1 amide bonds. The molecule has 0 aromatic heterocycles. The fraction of sp³-hybridized carbons (Fsp3) is 0.588. The summed E-state index contributed by atoms with van der Waals surface area (Å²) in [6, 6.07) is 5.11. The van der Waals surface area contributed by atoms with Crippen LogP contribution in [0.15, 0.2) is 18.2 Å². The van der Waals surface area contributed by atoms with E-state index in [4.69, 9.17) is 0 Å². The zero-order valence-electron chi connectivity index (χ0n) is 12.7. The van der Waals surface area contributed by atoms with E-state index >= 15 is 0 Å². The number of phenols is 1. The lowest BCUT2D eigenvalue weighted by Gasteiger charge is -2.22. The second-order valence-corrected chi connectivity index (χ2v) is 6.23. The molecule has 1 aromatic rings. The first kappa shape index (κ1) is 14.9. The lowest BCUT2D eigenvalue weighted by atomic mass is 9.89. The van der Waals surface area contributed by atoms with Crippen LogP contribution in [0.2, 0.25) is 0 Å². The highest BCUT2D eigenvalue weighted by Gasteiger charge is 2.23. The number of aryl methyl sites for hydroxylation is 1. The van der Waals surface area contributed by atoms with Crippen LogP contribution in [0, 0.1) is 18.8 Å². The molecule has 3 nitrogen and oxygen atoms in total. The first-order chi connectivity index (χ1) is 9.49. The molecule has 0 saturated carbocycles. The number of hydrogen-bond donors (Lipinski definition) is 1. The Morgan fingerprint density at radius 1 is 1.30 bits per heavy atom. The molecule has 1 aliphatic rings. The minimum atomic E-state index is 0.0949.